The fourth-order valence-corrected chi connectivity index (χ4v) is 1.78. The first-order chi connectivity index (χ1) is 7.20. The third-order valence-corrected chi connectivity index (χ3v) is 2.98. The number of hydrogen-bond acceptors (Lipinski definition) is 4. The number of ketones is 1. The lowest BCUT2D eigenvalue weighted by Crippen LogP contribution is -2.02. The van der Waals surface area contributed by atoms with Crippen molar-refractivity contribution >= 4 is 14.0 Å². The van der Waals surface area contributed by atoms with Crippen molar-refractivity contribution < 1.29 is 18.4 Å². The van der Waals surface area contributed by atoms with E-state index in [0.717, 1.165) is 25.7 Å². The van der Waals surface area contributed by atoms with Crippen LogP contribution in [0, 0.1) is 0 Å². The summed E-state index contributed by atoms with van der Waals surface area (Å²) in [4.78, 5) is 10.5. The van der Waals surface area contributed by atoms with Crippen LogP contribution in [-0.2, 0) is 18.4 Å². The molecule has 1 rings (SSSR count). The minimum absolute atomic E-state index is 0.456. The van der Waals surface area contributed by atoms with Crippen molar-refractivity contribution in [2.45, 2.75) is 46.0 Å². The molecule has 0 aromatic carbocycles. The van der Waals surface area contributed by atoms with E-state index in [1.807, 2.05) is 0 Å². The van der Waals surface area contributed by atoms with Crippen LogP contribution in [-0.4, -0.2) is 19.0 Å². The Morgan fingerprint density at radius 2 is 1.53 bits per heavy atom. The van der Waals surface area contributed by atoms with Crippen LogP contribution >= 0.6 is 8.25 Å². The van der Waals surface area contributed by atoms with Crippen molar-refractivity contribution in [2.75, 3.05) is 13.2 Å². The fourth-order valence-electron chi connectivity index (χ4n) is 1.22. The van der Waals surface area contributed by atoms with Gasteiger partial charge in [0.25, 0.3) is 0 Å². The van der Waals surface area contributed by atoms with Crippen molar-refractivity contribution in [3.8, 4) is 0 Å². The monoisotopic (exact) mass is 236 g/mol. The molecule has 0 spiro atoms. The van der Waals surface area contributed by atoms with E-state index in [1.54, 1.807) is 13.8 Å². The summed E-state index contributed by atoms with van der Waals surface area (Å²) in [6, 6.07) is 0. The molecule has 0 unspecified atom stereocenters. The molecule has 15 heavy (non-hydrogen) atoms. The molecule has 0 aromatic heterocycles. The van der Waals surface area contributed by atoms with Crippen molar-refractivity contribution in [1.29, 1.82) is 0 Å². The third-order valence-electron chi connectivity index (χ3n) is 1.94. The lowest BCUT2D eigenvalue weighted by atomic mass is 10.00. The van der Waals surface area contributed by atoms with Gasteiger partial charge in [-0.3, -0.25) is 9.36 Å². The number of rotatable bonds is 4. The van der Waals surface area contributed by atoms with Gasteiger partial charge in [-0.15, -0.1) is 0 Å². The van der Waals surface area contributed by atoms with Crippen LogP contribution in [0.25, 0.3) is 0 Å². The Labute approximate surface area is 92.3 Å². The minimum Gasteiger partial charge on any atom is -0.311 e. The maximum atomic E-state index is 10.5. The second-order valence-corrected chi connectivity index (χ2v) is 4.29. The van der Waals surface area contributed by atoms with Crippen LogP contribution in [0.2, 0.25) is 0 Å². The fraction of sp³-hybridized carbons (Fsp3) is 0.900. The summed E-state index contributed by atoms with van der Waals surface area (Å²) in [5.74, 6) is 0.464. The maximum Gasteiger partial charge on any atom is 0.319 e. The highest BCUT2D eigenvalue weighted by Crippen LogP contribution is 2.21. The van der Waals surface area contributed by atoms with Crippen molar-refractivity contribution in [3.63, 3.8) is 0 Å². The van der Waals surface area contributed by atoms with E-state index in [1.165, 1.54) is 6.42 Å². The molecule has 0 aromatic rings. The Morgan fingerprint density at radius 1 is 1.07 bits per heavy atom. The molecule has 1 aliphatic carbocycles. The molecular formula is C10H21O4P. The van der Waals surface area contributed by atoms with Gasteiger partial charge in [-0.25, -0.2) is 0 Å². The van der Waals surface area contributed by atoms with Gasteiger partial charge in [-0.2, -0.15) is 0 Å². The summed E-state index contributed by atoms with van der Waals surface area (Å²) < 4.78 is 19.6. The first kappa shape index (κ1) is 14.8. The van der Waals surface area contributed by atoms with Crippen LogP contribution in [0.15, 0.2) is 0 Å². The predicted octanol–water partition coefficient (Wildman–Crippen LogP) is 2.97. The average Bonchev–Trinajstić information content (AvgIpc) is 2.20. The molecule has 0 bridgehead atoms. The molecule has 4 nitrogen and oxygen atoms in total. The van der Waals surface area contributed by atoms with E-state index in [4.69, 9.17) is 0 Å². The van der Waals surface area contributed by atoms with E-state index in [2.05, 4.69) is 9.05 Å². The molecule has 0 saturated heterocycles. The van der Waals surface area contributed by atoms with Crippen LogP contribution in [0.3, 0.4) is 0 Å². The highest BCUT2D eigenvalue weighted by Gasteiger charge is 2.05. The third kappa shape index (κ3) is 10.1. The standard InChI is InChI=1S/C6H10O.C4H11O3P/c7-6-4-2-1-3-5-6;1-3-6-8(5)7-4-2/h1-5H2;8H,3-4H2,1-2H3. The SMILES string of the molecule is CCO[PH](=O)OCC.O=C1CCCCC1. The van der Waals surface area contributed by atoms with Gasteiger partial charge in [0.2, 0.25) is 0 Å². The highest BCUT2D eigenvalue weighted by atomic mass is 31.1. The summed E-state index contributed by atoms with van der Waals surface area (Å²) in [7, 11) is -2.14. The lowest BCUT2D eigenvalue weighted by Gasteiger charge is -2.05. The highest BCUT2D eigenvalue weighted by molar-refractivity contribution is 7.33. The van der Waals surface area contributed by atoms with Gasteiger partial charge in [-0.05, 0) is 26.7 Å². The summed E-state index contributed by atoms with van der Waals surface area (Å²) in [5.41, 5.74) is 0. The summed E-state index contributed by atoms with van der Waals surface area (Å²) >= 11 is 0. The Hall–Kier alpha value is -0.180. The van der Waals surface area contributed by atoms with Crippen molar-refractivity contribution in [2.24, 2.45) is 0 Å². The number of Topliss-reactive ketones (excluding diaryl/α,β-unsaturated/α-hetero) is 1. The zero-order chi connectivity index (χ0) is 11.5. The van der Waals surface area contributed by atoms with E-state index in [0.29, 0.717) is 19.0 Å². The molecular weight excluding hydrogens is 215 g/mol. The summed E-state index contributed by atoms with van der Waals surface area (Å²) in [6.07, 6.45) is 5.24. The van der Waals surface area contributed by atoms with Gasteiger partial charge in [-0.1, -0.05) is 6.42 Å². The smallest absolute Gasteiger partial charge is 0.311 e. The van der Waals surface area contributed by atoms with Crippen LogP contribution < -0.4 is 0 Å². The Kier molecular flexibility index (Phi) is 10.2. The molecule has 1 fully saturated rings. The zero-order valence-corrected chi connectivity index (χ0v) is 10.6. The Balaban J connectivity index is 0.000000262. The topological polar surface area (TPSA) is 52.6 Å². The van der Waals surface area contributed by atoms with E-state index >= 15 is 0 Å². The number of carbonyl (C=O) groups is 1. The lowest BCUT2D eigenvalue weighted by molar-refractivity contribution is -0.120. The largest absolute Gasteiger partial charge is 0.319 e. The Bertz CT molecular complexity index is 178. The van der Waals surface area contributed by atoms with E-state index in [-0.39, 0.29) is 0 Å². The second kappa shape index (κ2) is 10.3. The molecule has 0 atom stereocenters. The van der Waals surface area contributed by atoms with Crippen molar-refractivity contribution in [1.82, 2.24) is 0 Å². The molecule has 0 amide bonds. The number of hydrogen-bond donors (Lipinski definition) is 0. The van der Waals surface area contributed by atoms with Crippen molar-refractivity contribution in [3.05, 3.63) is 0 Å². The molecule has 1 aliphatic rings. The van der Waals surface area contributed by atoms with Gasteiger partial charge in [0.05, 0.1) is 13.2 Å². The molecule has 90 valence electrons. The molecule has 0 aliphatic heterocycles. The van der Waals surface area contributed by atoms with Gasteiger partial charge in [0, 0.05) is 12.8 Å². The first-order valence-electron chi connectivity index (χ1n) is 5.52. The van der Waals surface area contributed by atoms with E-state index in [9.17, 15) is 9.36 Å². The van der Waals surface area contributed by atoms with Gasteiger partial charge in [0.15, 0.2) is 0 Å². The quantitative estimate of drug-likeness (QED) is 0.704. The first-order valence-corrected chi connectivity index (χ1v) is 6.74. The second-order valence-electron chi connectivity index (χ2n) is 3.22. The summed E-state index contributed by atoms with van der Waals surface area (Å²) in [5, 5.41) is 0. The van der Waals surface area contributed by atoms with Gasteiger partial charge in [0.1, 0.15) is 5.78 Å². The van der Waals surface area contributed by atoms with E-state index < -0.39 is 8.25 Å². The van der Waals surface area contributed by atoms with Crippen LogP contribution in [0.5, 0.6) is 0 Å². The Morgan fingerprint density at radius 3 is 1.80 bits per heavy atom. The van der Waals surface area contributed by atoms with Gasteiger partial charge >= 0.3 is 8.25 Å². The van der Waals surface area contributed by atoms with Crippen LogP contribution in [0.1, 0.15) is 46.0 Å². The number of carbonyl (C=O) groups excluding carboxylic acids is 1. The molecule has 5 heteroatoms. The van der Waals surface area contributed by atoms with Crippen LogP contribution in [0.4, 0.5) is 0 Å². The molecule has 0 N–H and O–H groups in total. The molecule has 1 saturated carbocycles. The minimum atomic E-state index is -2.14. The van der Waals surface area contributed by atoms with Gasteiger partial charge < -0.3 is 9.05 Å². The maximum absolute atomic E-state index is 10.5. The normalized spacial score (nSPS) is 16.1. The predicted molar refractivity (Wildman–Crippen MR) is 60.3 cm³/mol. The summed E-state index contributed by atoms with van der Waals surface area (Å²) in [6.45, 7) is 4.47. The zero-order valence-electron chi connectivity index (χ0n) is 9.58. The molecule has 0 radical (unpaired) electrons. The average molecular weight is 236 g/mol. The molecule has 0 heterocycles.